The highest BCUT2D eigenvalue weighted by molar-refractivity contribution is 8.18. The van der Waals surface area contributed by atoms with E-state index in [2.05, 4.69) is 5.92 Å². The number of thioether (sulfide) groups is 1. The fourth-order valence-corrected chi connectivity index (χ4v) is 3.93. The lowest BCUT2D eigenvalue weighted by Gasteiger charge is -2.14. The Labute approximate surface area is 181 Å². The number of benzene rings is 2. The summed E-state index contributed by atoms with van der Waals surface area (Å²) in [5, 5.41) is 0.692. The summed E-state index contributed by atoms with van der Waals surface area (Å²) in [5.74, 6) is 3.52. The summed E-state index contributed by atoms with van der Waals surface area (Å²) in [4.78, 5) is 20.1. The van der Waals surface area contributed by atoms with E-state index in [9.17, 15) is 4.79 Å². The van der Waals surface area contributed by atoms with Gasteiger partial charge in [0.2, 0.25) is 0 Å². The van der Waals surface area contributed by atoms with Crippen molar-refractivity contribution in [3.05, 3.63) is 58.5 Å². The van der Waals surface area contributed by atoms with Crippen molar-refractivity contribution in [2.24, 2.45) is 4.99 Å². The van der Waals surface area contributed by atoms with Gasteiger partial charge in [0.1, 0.15) is 6.61 Å². The van der Waals surface area contributed by atoms with Crippen LogP contribution < -0.4 is 9.47 Å². The van der Waals surface area contributed by atoms with E-state index in [0.29, 0.717) is 28.1 Å². The second-order valence-electron chi connectivity index (χ2n) is 6.70. The van der Waals surface area contributed by atoms with Crippen molar-refractivity contribution in [1.82, 2.24) is 4.90 Å². The van der Waals surface area contributed by atoms with Gasteiger partial charge in [0, 0.05) is 6.54 Å². The van der Waals surface area contributed by atoms with Crippen LogP contribution in [0.3, 0.4) is 0 Å². The first-order valence-electron chi connectivity index (χ1n) is 9.66. The number of ether oxygens (including phenoxy) is 2. The summed E-state index contributed by atoms with van der Waals surface area (Å²) in [6, 6.07) is 13.4. The van der Waals surface area contributed by atoms with Crippen LogP contribution in [-0.2, 0) is 4.79 Å². The summed E-state index contributed by atoms with van der Waals surface area (Å²) < 4.78 is 10.9. The summed E-state index contributed by atoms with van der Waals surface area (Å²) in [6.07, 6.45) is 7.95. The molecule has 0 radical (unpaired) electrons. The minimum atomic E-state index is -0.0423. The maximum absolute atomic E-state index is 13.0. The quantitative estimate of drug-likeness (QED) is 0.466. The molecular weight excluding hydrogens is 396 g/mol. The molecule has 0 saturated carbocycles. The average Bonchev–Trinajstić information content (AvgIpc) is 3.03. The van der Waals surface area contributed by atoms with Crippen LogP contribution in [0.1, 0.15) is 24.5 Å². The number of methoxy groups -OCH3 is 1. The summed E-state index contributed by atoms with van der Waals surface area (Å²) >= 11 is 1.38. The molecule has 0 spiro atoms. The Morgan fingerprint density at radius 1 is 1.20 bits per heavy atom. The van der Waals surface area contributed by atoms with E-state index in [1.54, 1.807) is 18.1 Å². The van der Waals surface area contributed by atoms with Crippen LogP contribution in [-0.4, -0.2) is 36.2 Å². The predicted molar refractivity (Wildman–Crippen MR) is 123 cm³/mol. The van der Waals surface area contributed by atoms with Gasteiger partial charge in [-0.25, -0.2) is 4.99 Å². The van der Waals surface area contributed by atoms with Gasteiger partial charge in [0.05, 0.1) is 17.7 Å². The van der Waals surface area contributed by atoms with Crippen molar-refractivity contribution in [2.75, 3.05) is 20.3 Å². The van der Waals surface area contributed by atoms with Gasteiger partial charge in [-0.3, -0.25) is 9.69 Å². The van der Waals surface area contributed by atoms with Crippen molar-refractivity contribution < 1.29 is 14.3 Å². The highest BCUT2D eigenvalue weighted by atomic mass is 32.2. The molecule has 0 atom stereocenters. The zero-order valence-electron chi connectivity index (χ0n) is 17.3. The highest BCUT2D eigenvalue weighted by Crippen LogP contribution is 2.36. The van der Waals surface area contributed by atoms with Gasteiger partial charge >= 0.3 is 0 Å². The third kappa shape index (κ3) is 5.05. The molecule has 0 N–H and O–H groups in total. The van der Waals surface area contributed by atoms with E-state index in [0.717, 1.165) is 17.7 Å². The first-order chi connectivity index (χ1) is 14.5. The number of amides is 1. The van der Waals surface area contributed by atoms with E-state index in [4.69, 9.17) is 20.9 Å². The zero-order chi connectivity index (χ0) is 21.5. The normalized spacial score (nSPS) is 16.2. The number of carbonyl (C=O) groups is 1. The smallest absolute Gasteiger partial charge is 0.266 e. The first-order valence-corrected chi connectivity index (χ1v) is 10.5. The van der Waals surface area contributed by atoms with E-state index >= 15 is 0 Å². The number of hydrogen-bond acceptors (Lipinski definition) is 5. The van der Waals surface area contributed by atoms with Crippen molar-refractivity contribution in [3.63, 3.8) is 0 Å². The van der Waals surface area contributed by atoms with Crippen LogP contribution in [0.4, 0.5) is 5.69 Å². The van der Waals surface area contributed by atoms with E-state index in [1.165, 1.54) is 17.3 Å². The summed E-state index contributed by atoms with van der Waals surface area (Å²) in [7, 11) is 1.57. The third-order valence-corrected chi connectivity index (χ3v) is 5.40. The molecule has 5 nitrogen and oxygen atoms in total. The fourth-order valence-electron chi connectivity index (χ4n) is 2.91. The van der Waals surface area contributed by atoms with E-state index in [1.807, 2.05) is 56.3 Å². The fraction of sp³-hybridized carbons (Fsp3) is 0.250. The zero-order valence-corrected chi connectivity index (χ0v) is 18.2. The molecule has 30 heavy (non-hydrogen) atoms. The number of rotatable bonds is 7. The molecule has 1 aliphatic heterocycles. The van der Waals surface area contributed by atoms with Crippen molar-refractivity contribution >= 4 is 34.6 Å². The SMILES string of the molecule is C#CCOc1ccc(/C=C2/SC(=Nc3ccc(C)cc3)N(CCC)C2=O)cc1OC. The Kier molecular flexibility index (Phi) is 7.21. The summed E-state index contributed by atoms with van der Waals surface area (Å²) in [6.45, 7) is 4.86. The highest BCUT2D eigenvalue weighted by Gasteiger charge is 2.32. The minimum absolute atomic E-state index is 0.0423. The van der Waals surface area contributed by atoms with Crippen LogP contribution in [0, 0.1) is 19.3 Å². The third-order valence-electron chi connectivity index (χ3n) is 4.39. The van der Waals surface area contributed by atoms with Crippen LogP contribution in [0.5, 0.6) is 11.5 Å². The van der Waals surface area contributed by atoms with E-state index in [-0.39, 0.29) is 12.5 Å². The Morgan fingerprint density at radius 2 is 1.97 bits per heavy atom. The molecule has 0 bridgehead atoms. The maximum Gasteiger partial charge on any atom is 0.266 e. The molecule has 0 unspecified atom stereocenters. The van der Waals surface area contributed by atoms with Crippen molar-refractivity contribution in [2.45, 2.75) is 20.3 Å². The molecule has 0 aliphatic carbocycles. The molecule has 3 rings (SSSR count). The average molecular weight is 421 g/mol. The Balaban J connectivity index is 1.90. The molecule has 2 aromatic rings. The first kappa shape index (κ1) is 21.5. The molecule has 1 saturated heterocycles. The lowest BCUT2D eigenvalue weighted by atomic mass is 10.2. The monoisotopic (exact) mass is 420 g/mol. The van der Waals surface area contributed by atoms with Gasteiger partial charge in [0.25, 0.3) is 5.91 Å². The van der Waals surface area contributed by atoms with Crippen LogP contribution in [0.25, 0.3) is 6.08 Å². The number of nitrogens with zero attached hydrogens (tertiary/aromatic N) is 2. The molecule has 6 heteroatoms. The van der Waals surface area contributed by atoms with Crippen LogP contribution in [0.2, 0.25) is 0 Å². The largest absolute Gasteiger partial charge is 0.493 e. The van der Waals surface area contributed by atoms with Gasteiger partial charge < -0.3 is 9.47 Å². The van der Waals surface area contributed by atoms with Gasteiger partial charge in [-0.05, 0) is 61.0 Å². The molecule has 1 fully saturated rings. The minimum Gasteiger partial charge on any atom is -0.493 e. The molecule has 154 valence electrons. The number of carbonyl (C=O) groups excluding carboxylic acids is 1. The lowest BCUT2D eigenvalue weighted by Crippen LogP contribution is -2.29. The molecule has 0 aromatic heterocycles. The van der Waals surface area contributed by atoms with Crippen LogP contribution in [0.15, 0.2) is 52.4 Å². The predicted octanol–water partition coefficient (Wildman–Crippen LogP) is 5.03. The van der Waals surface area contributed by atoms with Crippen molar-refractivity contribution in [1.29, 1.82) is 0 Å². The lowest BCUT2D eigenvalue weighted by molar-refractivity contribution is -0.122. The Bertz CT molecular complexity index is 1020. The molecule has 2 aromatic carbocycles. The number of terminal acetylenes is 1. The number of aliphatic imine (C=N–C) groups is 1. The van der Waals surface area contributed by atoms with E-state index < -0.39 is 0 Å². The molecule has 1 amide bonds. The standard InChI is InChI=1S/C24H24N2O3S/c1-5-13-26-23(27)22(30-24(26)25-19-10-7-17(3)8-11-19)16-18-9-12-20(29-14-6-2)21(15-18)28-4/h2,7-12,15-16H,5,13-14H2,1,3-4H3/b22-16+,25-24?. The number of amidine groups is 1. The van der Waals surface area contributed by atoms with Crippen molar-refractivity contribution in [3.8, 4) is 23.8 Å². The number of hydrogen-bond donors (Lipinski definition) is 0. The maximum atomic E-state index is 13.0. The Morgan fingerprint density at radius 3 is 2.63 bits per heavy atom. The van der Waals surface area contributed by atoms with Crippen LogP contribution >= 0.6 is 11.8 Å². The second kappa shape index (κ2) is 10.0. The molecule has 1 heterocycles. The Hall–Kier alpha value is -3.17. The summed E-state index contributed by atoms with van der Waals surface area (Å²) in [5.41, 5.74) is 2.84. The van der Waals surface area contributed by atoms with Gasteiger partial charge in [-0.1, -0.05) is 36.6 Å². The topological polar surface area (TPSA) is 51.1 Å². The molecular formula is C24H24N2O3S. The molecule has 1 aliphatic rings. The number of aryl methyl sites for hydroxylation is 1. The van der Waals surface area contributed by atoms with Gasteiger partial charge in [0.15, 0.2) is 16.7 Å². The second-order valence-corrected chi connectivity index (χ2v) is 7.71. The van der Waals surface area contributed by atoms with Gasteiger partial charge in [-0.2, -0.15) is 0 Å². The van der Waals surface area contributed by atoms with Gasteiger partial charge in [-0.15, -0.1) is 6.42 Å².